The molecule has 0 radical (unpaired) electrons. The Hall–Kier alpha value is -0.970. The molecule has 0 aromatic heterocycles. The lowest BCUT2D eigenvalue weighted by Crippen LogP contribution is -2.54. The molecule has 6 heteroatoms. The van der Waals surface area contributed by atoms with Gasteiger partial charge in [-0.2, -0.15) is 0 Å². The van der Waals surface area contributed by atoms with Crippen LogP contribution in [0.1, 0.15) is 26.3 Å². The third kappa shape index (κ3) is 5.04. The van der Waals surface area contributed by atoms with Gasteiger partial charge in [-0.05, 0) is 38.5 Å². The van der Waals surface area contributed by atoms with Gasteiger partial charge in [0.1, 0.15) is 5.60 Å². The Bertz CT molecular complexity index is 537. The zero-order valence-electron chi connectivity index (χ0n) is 13.2. The molecule has 1 N–H and O–H groups in total. The smallest absolute Gasteiger partial charge is 0.410 e. The van der Waals surface area contributed by atoms with E-state index < -0.39 is 5.60 Å². The van der Waals surface area contributed by atoms with Gasteiger partial charge in [0.05, 0.1) is 10.0 Å². The van der Waals surface area contributed by atoms with E-state index in [9.17, 15) is 4.79 Å². The minimum Gasteiger partial charge on any atom is -0.444 e. The molecular formula is C16H22Cl2N2O2. The topological polar surface area (TPSA) is 41.6 Å². The lowest BCUT2D eigenvalue weighted by atomic mass is 10.0. The minimum absolute atomic E-state index is 0.228. The fraction of sp³-hybridized carbons (Fsp3) is 0.562. The minimum atomic E-state index is -0.436. The van der Waals surface area contributed by atoms with Gasteiger partial charge in [0.25, 0.3) is 0 Å². The maximum absolute atomic E-state index is 11.8. The van der Waals surface area contributed by atoms with E-state index in [-0.39, 0.29) is 6.09 Å². The van der Waals surface area contributed by atoms with Gasteiger partial charge >= 0.3 is 6.09 Å². The van der Waals surface area contributed by atoms with Gasteiger partial charge in [0.15, 0.2) is 0 Å². The molecule has 0 saturated carbocycles. The molecule has 1 aliphatic rings. The predicted molar refractivity (Wildman–Crippen MR) is 89.5 cm³/mol. The first-order valence-electron chi connectivity index (χ1n) is 7.37. The van der Waals surface area contributed by atoms with E-state index in [1.54, 1.807) is 11.0 Å². The third-order valence-corrected chi connectivity index (χ3v) is 4.09. The average Bonchev–Trinajstić information content (AvgIpc) is 2.34. The van der Waals surface area contributed by atoms with Crippen molar-refractivity contribution in [1.82, 2.24) is 10.2 Å². The fourth-order valence-corrected chi connectivity index (χ4v) is 2.57. The van der Waals surface area contributed by atoms with Crippen molar-refractivity contribution in [3.05, 3.63) is 33.8 Å². The van der Waals surface area contributed by atoms with Crippen LogP contribution < -0.4 is 5.32 Å². The monoisotopic (exact) mass is 344 g/mol. The second-order valence-corrected chi connectivity index (χ2v) is 7.45. The normalized spacial score (nSPS) is 15.6. The zero-order chi connectivity index (χ0) is 16.3. The number of halogens is 2. The van der Waals surface area contributed by atoms with Crippen molar-refractivity contribution in [2.75, 3.05) is 19.6 Å². The average molecular weight is 345 g/mol. The summed E-state index contributed by atoms with van der Waals surface area (Å²) in [6, 6.07) is 5.62. The number of hydrogen-bond donors (Lipinski definition) is 1. The van der Waals surface area contributed by atoms with Crippen LogP contribution in [0.5, 0.6) is 0 Å². The summed E-state index contributed by atoms with van der Waals surface area (Å²) in [7, 11) is 0. The number of amides is 1. The molecule has 0 bridgehead atoms. The van der Waals surface area contributed by atoms with Crippen molar-refractivity contribution < 1.29 is 9.53 Å². The van der Waals surface area contributed by atoms with Gasteiger partial charge < -0.3 is 15.0 Å². The standard InChI is InChI=1S/C16H22Cl2N2O2/c1-16(2,3)22-15(21)20-9-12(10-20)8-19-7-11-4-5-13(17)14(18)6-11/h4-6,12,19H,7-10H2,1-3H3. The van der Waals surface area contributed by atoms with Crippen molar-refractivity contribution in [3.8, 4) is 0 Å². The lowest BCUT2D eigenvalue weighted by Gasteiger charge is -2.39. The first-order valence-corrected chi connectivity index (χ1v) is 8.13. The fourth-order valence-electron chi connectivity index (χ4n) is 2.24. The summed E-state index contributed by atoms with van der Waals surface area (Å²) in [5, 5.41) is 4.51. The van der Waals surface area contributed by atoms with Crippen LogP contribution in [0.25, 0.3) is 0 Å². The van der Waals surface area contributed by atoms with Crippen LogP contribution in [-0.2, 0) is 11.3 Å². The molecule has 0 spiro atoms. The number of nitrogens with one attached hydrogen (secondary N) is 1. The second kappa shape index (κ2) is 7.07. The second-order valence-electron chi connectivity index (χ2n) is 6.63. The summed E-state index contributed by atoms with van der Waals surface area (Å²) in [5.74, 6) is 0.468. The highest BCUT2D eigenvalue weighted by atomic mass is 35.5. The maximum atomic E-state index is 11.8. The lowest BCUT2D eigenvalue weighted by molar-refractivity contribution is -0.000798. The Labute approximate surface area is 141 Å². The number of likely N-dealkylation sites (tertiary alicyclic amines) is 1. The molecule has 0 unspecified atom stereocenters. The Balaban J connectivity index is 1.66. The van der Waals surface area contributed by atoms with Crippen LogP contribution in [0.2, 0.25) is 10.0 Å². The summed E-state index contributed by atoms with van der Waals surface area (Å²) in [4.78, 5) is 13.5. The van der Waals surface area contributed by atoms with Crippen LogP contribution in [0.15, 0.2) is 18.2 Å². The van der Waals surface area contributed by atoms with Crippen LogP contribution in [-0.4, -0.2) is 36.2 Å². The van der Waals surface area contributed by atoms with E-state index >= 15 is 0 Å². The zero-order valence-corrected chi connectivity index (χ0v) is 14.7. The van der Waals surface area contributed by atoms with Crippen LogP contribution in [0.4, 0.5) is 4.79 Å². The van der Waals surface area contributed by atoms with E-state index in [4.69, 9.17) is 27.9 Å². The molecule has 1 heterocycles. The van der Waals surface area contributed by atoms with Gasteiger partial charge in [-0.1, -0.05) is 29.3 Å². The van der Waals surface area contributed by atoms with Crippen molar-refractivity contribution in [3.63, 3.8) is 0 Å². The summed E-state index contributed by atoms with van der Waals surface area (Å²) in [6.07, 6.45) is -0.228. The predicted octanol–water partition coefficient (Wildman–Crippen LogP) is 3.95. The largest absolute Gasteiger partial charge is 0.444 e. The number of rotatable bonds is 4. The van der Waals surface area contributed by atoms with E-state index in [1.807, 2.05) is 32.9 Å². The highest BCUT2D eigenvalue weighted by Crippen LogP contribution is 2.23. The van der Waals surface area contributed by atoms with Gasteiger partial charge in [0, 0.05) is 32.1 Å². The summed E-state index contributed by atoms with van der Waals surface area (Å²) >= 11 is 11.9. The summed E-state index contributed by atoms with van der Waals surface area (Å²) in [6.45, 7) is 8.70. The molecular weight excluding hydrogens is 323 g/mol. The number of carbonyl (C=O) groups excluding carboxylic acids is 1. The first-order chi connectivity index (χ1) is 10.2. The molecule has 0 atom stereocenters. The number of hydrogen-bond acceptors (Lipinski definition) is 3. The number of nitrogens with zero attached hydrogens (tertiary/aromatic N) is 1. The molecule has 2 rings (SSSR count). The Morgan fingerprint density at radius 2 is 2.00 bits per heavy atom. The molecule has 1 saturated heterocycles. The van der Waals surface area contributed by atoms with Crippen LogP contribution in [0.3, 0.4) is 0 Å². The van der Waals surface area contributed by atoms with Crippen LogP contribution >= 0.6 is 23.2 Å². The molecule has 1 aromatic rings. The van der Waals surface area contributed by atoms with Gasteiger partial charge in [0.2, 0.25) is 0 Å². The van der Waals surface area contributed by atoms with E-state index in [0.717, 1.165) is 31.7 Å². The Kier molecular flexibility index (Phi) is 5.59. The molecule has 1 aromatic carbocycles. The Morgan fingerprint density at radius 1 is 1.32 bits per heavy atom. The van der Waals surface area contributed by atoms with Crippen molar-refractivity contribution in [2.45, 2.75) is 32.9 Å². The molecule has 0 aliphatic carbocycles. The summed E-state index contributed by atoms with van der Waals surface area (Å²) in [5.41, 5.74) is 0.659. The number of benzene rings is 1. The molecule has 22 heavy (non-hydrogen) atoms. The molecule has 1 amide bonds. The summed E-state index contributed by atoms with van der Waals surface area (Å²) < 4.78 is 5.33. The maximum Gasteiger partial charge on any atom is 0.410 e. The van der Waals surface area contributed by atoms with Crippen molar-refractivity contribution in [2.24, 2.45) is 5.92 Å². The highest BCUT2D eigenvalue weighted by molar-refractivity contribution is 6.42. The first kappa shape index (κ1) is 17.4. The van der Waals surface area contributed by atoms with E-state index in [0.29, 0.717) is 16.0 Å². The van der Waals surface area contributed by atoms with Gasteiger partial charge in [-0.25, -0.2) is 4.79 Å². The van der Waals surface area contributed by atoms with Gasteiger partial charge in [-0.3, -0.25) is 0 Å². The quantitative estimate of drug-likeness (QED) is 0.898. The SMILES string of the molecule is CC(C)(C)OC(=O)N1CC(CNCc2ccc(Cl)c(Cl)c2)C1. The van der Waals surface area contributed by atoms with E-state index in [2.05, 4.69) is 5.32 Å². The van der Waals surface area contributed by atoms with Crippen LogP contribution in [0, 0.1) is 5.92 Å². The molecule has 4 nitrogen and oxygen atoms in total. The van der Waals surface area contributed by atoms with Crippen molar-refractivity contribution >= 4 is 29.3 Å². The Morgan fingerprint density at radius 3 is 2.59 bits per heavy atom. The molecule has 1 fully saturated rings. The molecule has 122 valence electrons. The van der Waals surface area contributed by atoms with E-state index in [1.165, 1.54) is 0 Å². The molecule has 1 aliphatic heterocycles. The number of ether oxygens (including phenoxy) is 1. The van der Waals surface area contributed by atoms with Gasteiger partial charge in [-0.15, -0.1) is 0 Å². The number of carbonyl (C=O) groups is 1. The third-order valence-electron chi connectivity index (χ3n) is 3.36. The highest BCUT2D eigenvalue weighted by Gasteiger charge is 2.33. The van der Waals surface area contributed by atoms with Crippen molar-refractivity contribution in [1.29, 1.82) is 0 Å².